The highest BCUT2D eigenvalue weighted by atomic mass is 16.5. The molecule has 1 atom stereocenters. The molecule has 1 unspecified atom stereocenters. The third-order valence-electron chi connectivity index (χ3n) is 2.83. The summed E-state index contributed by atoms with van der Waals surface area (Å²) in [5.74, 6) is 1.17. The lowest BCUT2D eigenvalue weighted by molar-refractivity contribution is -0.118. The van der Waals surface area contributed by atoms with Crippen LogP contribution in [0.3, 0.4) is 0 Å². The molecule has 1 aliphatic rings. The Kier molecular flexibility index (Phi) is 3.08. The number of anilines is 2. The van der Waals surface area contributed by atoms with E-state index in [1.807, 2.05) is 13.0 Å². The number of fused-ring (bicyclic) bond motifs is 1. The van der Waals surface area contributed by atoms with E-state index in [0.717, 1.165) is 11.4 Å². The summed E-state index contributed by atoms with van der Waals surface area (Å²) in [4.78, 5) is 11.7. The second kappa shape index (κ2) is 4.53. The van der Waals surface area contributed by atoms with Gasteiger partial charge in [0.2, 0.25) is 5.91 Å². The van der Waals surface area contributed by atoms with Gasteiger partial charge in [0.25, 0.3) is 0 Å². The van der Waals surface area contributed by atoms with E-state index in [1.165, 1.54) is 0 Å². The zero-order chi connectivity index (χ0) is 12.4. The lowest BCUT2D eigenvalue weighted by Crippen LogP contribution is -2.22. The maximum Gasteiger partial charge on any atom is 0.229 e. The molecule has 0 saturated carbocycles. The average Bonchev–Trinajstić information content (AvgIpc) is 2.48. The van der Waals surface area contributed by atoms with Gasteiger partial charge in [-0.2, -0.15) is 0 Å². The summed E-state index contributed by atoms with van der Waals surface area (Å²) in [5.41, 5.74) is 1.57. The van der Waals surface area contributed by atoms with E-state index in [2.05, 4.69) is 10.6 Å². The molecule has 1 amide bonds. The van der Waals surface area contributed by atoms with Crippen molar-refractivity contribution in [2.75, 3.05) is 31.4 Å². The van der Waals surface area contributed by atoms with Gasteiger partial charge < -0.3 is 20.1 Å². The number of methoxy groups -OCH3 is 2. The summed E-state index contributed by atoms with van der Waals surface area (Å²) in [6.45, 7) is 2.48. The van der Waals surface area contributed by atoms with Gasteiger partial charge in [-0.1, -0.05) is 6.92 Å². The van der Waals surface area contributed by atoms with Crippen molar-refractivity contribution in [3.8, 4) is 11.5 Å². The van der Waals surface area contributed by atoms with E-state index in [4.69, 9.17) is 9.47 Å². The SMILES string of the molecule is COc1cc2c(cc1OC)NC(=O)C(C)CN2. The van der Waals surface area contributed by atoms with Crippen LogP contribution in [0.1, 0.15) is 6.92 Å². The smallest absolute Gasteiger partial charge is 0.229 e. The number of nitrogens with one attached hydrogen (secondary N) is 2. The van der Waals surface area contributed by atoms with Gasteiger partial charge in [-0.25, -0.2) is 0 Å². The fourth-order valence-corrected chi connectivity index (χ4v) is 1.74. The molecule has 0 radical (unpaired) electrons. The van der Waals surface area contributed by atoms with Crippen molar-refractivity contribution in [3.05, 3.63) is 12.1 Å². The molecular formula is C12H16N2O3. The third kappa shape index (κ3) is 2.13. The number of amides is 1. The summed E-state index contributed by atoms with van der Waals surface area (Å²) in [6.07, 6.45) is 0. The third-order valence-corrected chi connectivity index (χ3v) is 2.83. The van der Waals surface area contributed by atoms with Crippen molar-refractivity contribution in [3.63, 3.8) is 0 Å². The number of ether oxygens (including phenoxy) is 2. The van der Waals surface area contributed by atoms with Crippen molar-refractivity contribution in [1.29, 1.82) is 0 Å². The molecule has 17 heavy (non-hydrogen) atoms. The summed E-state index contributed by atoms with van der Waals surface area (Å²) in [6, 6.07) is 3.59. The molecular weight excluding hydrogens is 220 g/mol. The molecule has 0 fully saturated rings. The van der Waals surface area contributed by atoms with Crippen LogP contribution in [0.2, 0.25) is 0 Å². The number of rotatable bonds is 2. The fraction of sp³-hybridized carbons (Fsp3) is 0.417. The number of carbonyl (C=O) groups excluding carboxylic acids is 1. The Morgan fingerprint density at radius 3 is 2.35 bits per heavy atom. The average molecular weight is 236 g/mol. The van der Waals surface area contributed by atoms with Gasteiger partial charge in [0, 0.05) is 18.7 Å². The van der Waals surface area contributed by atoms with E-state index in [-0.39, 0.29) is 11.8 Å². The Hall–Kier alpha value is -1.91. The summed E-state index contributed by atoms with van der Waals surface area (Å²) >= 11 is 0. The van der Waals surface area contributed by atoms with Crippen molar-refractivity contribution in [1.82, 2.24) is 0 Å². The van der Waals surface area contributed by atoms with Crippen LogP contribution >= 0.6 is 0 Å². The predicted molar refractivity (Wildman–Crippen MR) is 65.8 cm³/mol. The highest BCUT2D eigenvalue weighted by molar-refractivity contribution is 5.98. The van der Waals surface area contributed by atoms with Gasteiger partial charge in [0.05, 0.1) is 31.5 Å². The molecule has 2 N–H and O–H groups in total. The number of carbonyl (C=O) groups is 1. The minimum absolute atomic E-state index is 0.00321. The molecule has 0 aliphatic carbocycles. The van der Waals surface area contributed by atoms with E-state index in [0.29, 0.717) is 18.0 Å². The Bertz CT molecular complexity index is 446. The molecule has 0 aromatic heterocycles. The minimum Gasteiger partial charge on any atom is -0.493 e. The van der Waals surface area contributed by atoms with Crippen LogP contribution in [0.5, 0.6) is 11.5 Å². The van der Waals surface area contributed by atoms with Crippen LogP contribution in [0.15, 0.2) is 12.1 Å². The van der Waals surface area contributed by atoms with Crippen LogP contribution in [0, 0.1) is 5.92 Å². The van der Waals surface area contributed by atoms with Crippen molar-refractivity contribution < 1.29 is 14.3 Å². The first-order valence-electron chi connectivity index (χ1n) is 5.46. The number of hydrogen-bond donors (Lipinski definition) is 2. The largest absolute Gasteiger partial charge is 0.493 e. The monoisotopic (exact) mass is 236 g/mol. The molecule has 0 spiro atoms. The van der Waals surface area contributed by atoms with Gasteiger partial charge >= 0.3 is 0 Å². The van der Waals surface area contributed by atoms with E-state index in [1.54, 1.807) is 20.3 Å². The van der Waals surface area contributed by atoms with E-state index >= 15 is 0 Å². The zero-order valence-corrected chi connectivity index (χ0v) is 10.2. The van der Waals surface area contributed by atoms with Gasteiger partial charge in [-0.3, -0.25) is 4.79 Å². The maximum absolute atomic E-state index is 11.7. The Balaban J connectivity index is 2.43. The lowest BCUT2D eigenvalue weighted by Gasteiger charge is -2.13. The van der Waals surface area contributed by atoms with Crippen LogP contribution in [-0.4, -0.2) is 26.7 Å². The first kappa shape index (κ1) is 11.6. The molecule has 1 aromatic rings. The highest BCUT2D eigenvalue weighted by Crippen LogP contribution is 2.37. The quantitative estimate of drug-likeness (QED) is 0.820. The summed E-state index contributed by atoms with van der Waals surface area (Å²) < 4.78 is 10.4. The van der Waals surface area contributed by atoms with Crippen molar-refractivity contribution >= 4 is 17.3 Å². The first-order chi connectivity index (χ1) is 8.15. The lowest BCUT2D eigenvalue weighted by atomic mass is 10.2. The molecule has 0 saturated heterocycles. The molecule has 1 aliphatic heterocycles. The normalized spacial score (nSPS) is 18.5. The molecule has 0 bridgehead atoms. The van der Waals surface area contributed by atoms with Crippen molar-refractivity contribution in [2.24, 2.45) is 5.92 Å². The molecule has 5 nitrogen and oxygen atoms in total. The molecule has 1 heterocycles. The Morgan fingerprint density at radius 2 is 1.76 bits per heavy atom. The van der Waals surface area contributed by atoms with Crippen LogP contribution in [-0.2, 0) is 4.79 Å². The van der Waals surface area contributed by atoms with Crippen LogP contribution in [0.4, 0.5) is 11.4 Å². The van der Waals surface area contributed by atoms with Gasteiger partial charge in [-0.15, -0.1) is 0 Å². The first-order valence-corrected chi connectivity index (χ1v) is 5.46. The Labute approximate surface area is 100 Å². The summed E-state index contributed by atoms with van der Waals surface area (Å²) in [5, 5.41) is 6.07. The van der Waals surface area contributed by atoms with Crippen LogP contribution < -0.4 is 20.1 Å². The topological polar surface area (TPSA) is 59.6 Å². The minimum atomic E-state index is -0.0700. The van der Waals surface area contributed by atoms with Crippen LogP contribution in [0.25, 0.3) is 0 Å². The summed E-state index contributed by atoms with van der Waals surface area (Å²) in [7, 11) is 3.15. The van der Waals surface area contributed by atoms with Crippen molar-refractivity contribution in [2.45, 2.75) is 6.92 Å². The molecule has 92 valence electrons. The van der Waals surface area contributed by atoms with E-state index in [9.17, 15) is 4.79 Å². The Morgan fingerprint density at radius 1 is 1.18 bits per heavy atom. The number of hydrogen-bond acceptors (Lipinski definition) is 4. The standard InChI is InChI=1S/C12H16N2O3/c1-7-6-13-8-4-10(16-2)11(17-3)5-9(8)14-12(7)15/h4-5,7,13H,6H2,1-3H3,(H,14,15). The van der Waals surface area contributed by atoms with Gasteiger partial charge in [0.1, 0.15) is 0 Å². The molecule has 1 aromatic carbocycles. The second-order valence-corrected chi connectivity index (χ2v) is 4.02. The fourth-order valence-electron chi connectivity index (χ4n) is 1.74. The zero-order valence-electron chi connectivity index (χ0n) is 10.2. The van der Waals surface area contributed by atoms with E-state index < -0.39 is 0 Å². The van der Waals surface area contributed by atoms with Gasteiger partial charge in [-0.05, 0) is 0 Å². The molecule has 5 heteroatoms. The second-order valence-electron chi connectivity index (χ2n) is 4.02. The van der Waals surface area contributed by atoms with Gasteiger partial charge in [0.15, 0.2) is 11.5 Å². The highest BCUT2D eigenvalue weighted by Gasteiger charge is 2.21. The molecule has 2 rings (SSSR count). The maximum atomic E-state index is 11.7. The number of benzene rings is 1. The predicted octanol–water partition coefficient (Wildman–Crippen LogP) is 1.70.